The number of ether oxygens (including phenoxy) is 1. The van der Waals surface area contributed by atoms with Crippen LogP contribution in [-0.4, -0.2) is 29.4 Å². The van der Waals surface area contributed by atoms with Crippen molar-refractivity contribution in [1.82, 2.24) is 10.2 Å². The fraction of sp³-hybridized carbons (Fsp3) is 0.161. The SMILES string of the molecule is O=C(NCc1ccc(Cl)cc1)C(Cc1ccccc1)N(Cc1ccc(F)cc1)C(=O)COc1ccccc1. The van der Waals surface area contributed by atoms with Crippen molar-refractivity contribution in [2.24, 2.45) is 0 Å². The fourth-order valence-electron chi connectivity index (χ4n) is 3.99. The normalized spacial score (nSPS) is 11.4. The highest BCUT2D eigenvalue weighted by atomic mass is 35.5. The minimum Gasteiger partial charge on any atom is -0.484 e. The first-order valence-corrected chi connectivity index (χ1v) is 12.6. The zero-order valence-corrected chi connectivity index (χ0v) is 21.5. The van der Waals surface area contributed by atoms with E-state index in [2.05, 4.69) is 5.32 Å². The summed E-state index contributed by atoms with van der Waals surface area (Å²) in [6.45, 7) is 0.143. The molecule has 1 atom stereocenters. The minimum absolute atomic E-state index is 0.114. The summed E-state index contributed by atoms with van der Waals surface area (Å²) in [6.07, 6.45) is 0.297. The van der Waals surface area contributed by atoms with E-state index in [4.69, 9.17) is 16.3 Å². The van der Waals surface area contributed by atoms with Gasteiger partial charge in [0.25, 0.3) is 5.91 Å². The Labute approximate surface area is 226 Å². The summed E-state index contributed by atoms with van der Waals surface area (Å²) < 4.78 is 19.3. The van der Waals surface area contributed by atoms with Crippen LogP contribution in [0.4, 0.5) is 4.39 Å². The van der Waals surface area contributed by atoms with Crippen molar-refractivity contribution in [2.45, 2.75) is 25.6 Å². The number of para-hydroxylation sites is 1. The standard InChI is InChI=1S/C31H28ClFN2O3/c32-26-15-11-24(12-16-26)20-34-31(37)29(19-23-7-3-1-4-8-23)35(21-25-13-17-27(33)18-14-25)30(36)22-38-28-9-5-2-6-10-28/h1-18,29H,19-22H2,(H,34,37). The van der Waals surface area contributed by atoms with Gasteiger partial charge in [-0.15, -0.1) is 0 Å². The Morgan fingerprint density at radius 1 is 0.789 bits per heavy atom. The predicted molar refractivity (Wildman–Crippen MR) is 146 cm³/mol. The van der Waals surface area contributed by atoms with Gasteiger partial charge in [0.05, 0.1) is 0 Å². The van der Waals surface area contributed by atoms with Gasteiger partial charge in [0, 0.05) is 24.5 Å². The van der Waals surface area contributed by atoms with E-state index >= 15 is 0 Å². The van der Waals surface area contributed by atoms with Gasteiger partial charge in [-0.2, -0.15) is 0 Å². The van der Waals surface area contributed by atoms with Crippen LogP contribution in [0.1, 0.15) is 16.7 Å². The van der Waals surface area contributed by atoms with Crippen LogP contribution in [0.15, 0.2) is 109 Å². The van der Waals surface area contributed by atoms with Gasteiger partial charge in [-0.25, -0.2) is 4.39 Å². The van der Waals surface area contributed by atoms with Crippen molar-refractivity contribution in [3.8, 4) is 5.75 Å². The second-order valence-electron chi connectivity index (χ2n) is 8.80. The summed E-state index contributed by atoms with van der Waals surface area (Å²) in [5.41, 5.74) is 2.48. The maximum atomic E-state index is 13.6. The lowest BCUT2D eigenvalue weighted by atomic mass is 10.0. The molecule has 0 saturated heterocycles. The number of carbonyl (C=O) groups is 2. The molecule has 1 N–H and O–H groups in total. The Bertz CT molecular complexity index is 1320. The smallest absolute Gasteiger partial charge is 0.261 e. The van der Waals surface area contributed by atoms with Gasteiger partial charge in [0.15, 0.2) is 6.61 Å². The molecule has 0 aliphatic heterocycles. The monoisotopic (exact) mass is 530 g/mol. The number of rotatable bonds is 11. The van der Waals surface area contributed by atoms with E-state index in [-0.39, 0.29) is 37.3 Å². The number of nitrogens with one attached hydrogen (secondary N) is 1. The van der Waals surface area contributed by atoms with E-state index in [1.807, 2.05) is 60.7 Å². The molecule has 0 fully saturated rings. The number of hydrogen-bond acceptors (Lipinski definition) is 3. The molecule has 7 heteroatoms. The van der Waals surface area contributed by atoms with E-state index in [1.54, 1.807) is 36.4 Å². The zero-order valence-electron chi connectivity index (χ0n) is 20.7. The first-order valence-electron chi connectivity index (χ1n) is 12.3. The van der Waals surface area contributed by atoms with Crippen LogP contribution in [0.3, 0.4) is 0 Å². The molecule has 0 saturated carbocycles. The molecule has 5 nitrogen and oxygen atoms in total. The van der Waals surface area contributed by atoms with Crippen LogP contribution in [0.5, 0.6) is 5.75 Å². The third kappa shape index (κ3) is 7.92. The molecule has 0 bridgehead atoms. The zero-order chi connectivity index (χ0) is 26.7. The van der Waals surface area contributed by atoms with E-state index in [1.165, 1.54) is 17.0 Å². The maximum absolute atomic E-state index is 13.6. The largest absolute Gasteiger partial charge is 0.484 e. The number of benzene rings is 4. The van der Waals surface area contributed by atoms with Crippen molar-refractivity contribution < 1.29 is 18.7 Å². The van der Waals surface area contributed by atoms with Gasteiger partial charge in [-0.1, -0.05) is 84.4 Å². The highest BCUT2D eigenvalue weighted by molar-refractivity contribution is 6.30. The lowest BCUT2D eigenvalue weighted by molar-refractivity contribution is -0.142. The highest BCUT2D eigenvalue weighted by Crippen LogP contribution is 2.17. The van der Waals surface area contributed by atoms with Crippen molar-refractivity contribution in [3.05, 3.63) is 137 Å². The molecule has 0 spiro atoms. The Hall–Kier alpha value is -4.16. The maximum Gasteiger partial charge on any atom is 0.261 e. The Morgan fingerprint density at radius 2 is 1.39 bits per heavy atom. The first-order chi connectivity index (χ1) is 18.5. The van der Waals surface area contributed by atoms with Gasteiger partial charge < -0.3 is 15.0 Å². The topological polar surface area (TPSA) is 58.6 Å². The van der Waals surface area contributed by atoms with Crippen molar-refractivity contribution in [2.75, 3.05) is 6.61 Å². The molecular weight excluding hydrogens is 503 g/mol. The van der Waals surface area contributed by atoms with Gasteiger partial charge >= 0.3 is 0 Å². The predicted octanol–water partition coefficient (Wildman–Crippen LogP) is 5.81. The summed E-state index contributed by atoms with van der Waals surface area (Å²) in [7, 11) is 0. The van der Waals surface area contributed by atoms with Gasteiger partial charge in [-0.3, -0.25) is 9.59 Å². The third-order valence-electron chi connectivity index (χ3n) is 6.02. The Kier molecular flexibility index (Phi) is 9.48. The molecule has 194 valence electrons. The molecule has 0 radical (unpaired) electrons. The second-order valence-corrected chi connectivity index (χ2v) is 9.24. The third-order valence-corrected chi connectivity index (χ3v) is 6.27. The summed E-state index contributed by atoms with van der Waals surface area (Å²) in [6, 6.07) is 30.8. The van der Waals surface area contributed by atoms with Crippen LogP contribution >= 0.6 is 11.6 Å². The van der Waals surface area contributed by atoms with Crippen molar-refractivity contribution in [1.29, 1.82) is 0 Å². The van der Waals surface area contributed by atoms with E-state index in [9.17, 15) is 14.0 Å². The molecule has 0 aliphatic rings. The Balaban J connectivity index is 1.60. The number of nitrogens with zero attached hydrogens (tertiary/aromatic N) is 1. The number of hydrogen-bond donors (Lipinski definition) is 1. The summed E-state index contributed by atoms with van der Waals surface area (Å²) in [4.78, 5) is 28.7. The number of halogens is 2. The molecule has 38 heavy (non-hydrogen) atoms. The fourth-order valence-corrected chi connectivity index (χ4v) is 4.12. The van der Waals surface area contributed by atoms with Crippen molar-refractivity contribution in [3.63, 3.8) is 0 Å². The average Bonchev–Trinajstić information content (AvgIpc) is 2.95. The number of amides is 2. The quantitative estimate of drug-likeness (QED) is 0.266. The average molecular weight is 531 g/mol. The van der Waals surface area contributed by atoms with Crippen LogP contribution in [-0.2, 0) is 29.1 Å². The van der Waals surface area contributed by atoms with E-state index in [0.717, 1.165) is 11.1 Å². The molecule has 0 heterocycles. The molecule has 0 aliphatic carbocycles. The summed E-state index contributed by atoms with van der Waals surface area (Å²) in [5, 5.41) is 3.57. The Morgan fingerprint density at radius 3 is 2.05 bits per heavy atom. The van der Waals surface area contributed by atoms with Gasteiger partial charge in [0.1, 0.15) is 17.6 Å². The van der Waals surface area contributed by atoms with E-state index in [0.29, 0.717) is 22.8 Å². The van der Waals surface area contributed by atoms with Gasteiger partial charge in [0.2, 0.25) is 5.91 Å². The minimum atomic E-state index is -0.832. The number of carbonyl (C=O) groups excluding carboxylic acids is 2. The highest BCUT2D eigenvalue weighted by Gasteiger charge is 2.30. The van der Waals surface area contributed by atoms with Crippen molar-refractivity contribution >= 4 is 23.4 Å². The van der Waals surface area contributed by atoms with Crippen LogP contribution in [0, 0.1) is 5.82 Å². The molecular formula is C31H28ClFN2O3. The van der Waals surface area contributed by atoms with E-state index < -0.39 is 6.04 Å². The molecule has 1 unspecified atom stereocenters. The molecule has 4 aromatic rings. The van der Waals surface area contributed by atoms with Gasteiger partial charge in [-0.05, 0) is 53.1 Å². The first kappa shape index (κ1) is 26.9. The second kappa shape index (κ2) is 13.4. The summed E-state index contributed by atoms with van der Waals surface area (Å²) >= 11 is 5.99. The van der Waals surface area contributed by atoms with Crippen LogP contribution in [0.2, 0.25) is 5.02 Å². The summed E-state index contributed by atoms with van der Waals surface area (Å²) in [5.74, 6) is -0.491. The molecule has 0 aromatic heterocycles. The lowest BCUT2D eigenvalue weighted by Gasteiger charge is -2.31. The molecule has 4 rings (SSSR count). The molecule has 4 aromatic carbocycles. The lowest BCUT2D eigenvalue weighted by Crippen LogP contribution is -2.51. The van der Waals surface area contributed by atoms with Crippen LogP contribution < -0.4 is 10.1 Å². The van der Waals surface area contributed by atoms with Crippen LogP contribution in [0.25, 0.3) is 0 Å². The molecule has 2 amide bonds.